The van der Waals surface area contributed by atoms with Crippen LogP contribution in [0, 0.1) is 0 Å². The number of hydrogen-bond acceptors (Lipinski definition) is 11. The number of carbonyl (C=O) groups is 2. The number of fused-ring (bicyclic) bond motifs is 2. The summed E-state index contributed by atoms with van der Waals surface area (Å²) in [6, 6.07) is 33.5. The molecule has 0 aliphatic rings. The Kier molecular flexibility index (Phi) is 12.6. The van der Waals surface area contributed by atoms with Gasteiger partial charge in [0.15, 0.2) is 0 Å². The van der Waals surface area contributed by atoms with Gasteiger partial charge < -0.3 is 29.0 Å². The van der Waals surface area contributed by atoms with Crippen LogP contribution in [0.1, 0.15) is 47.9 Å². The van der Waals surface area contributed by atoms with Crippen LogP contribution in [0.3, 0.4) is 0 Å². The number of carbonyl (C=O) groups excluding carboxylic acids is 2. The fourth-order valence-corrected chi connectivity index (χ4v) is 7.59. The van der Waals surface area contributed by atoms with Crippen LogP contribution in [0.25, 0.3) is 44.6 Å². The summed E-state index contributed by atoms with van der Waals surface area (Å²) in [6.45, 7) is 6.84. The molecule has 326 valence electrons. The quantitative estimate of drug-likeness (QED) is 0.0712. The van der Waals surface area contributed by atoms with E-state index >= 15 is 0 Å². The second kappa shape index (κ2) is 18.6. The van der Waals surface area contributed by atoms with Crippen LogP contribution in [-0.4, -0.2) is 94.1 Å². The molecule has 0 saturated carbocycles. The third-order valence-corrected chi connectivity index (χ3v) is 10.8. The molecular weight excluding hydrogens is 809 g/mol. The van der Waals surface area contributed by atoms with Gasteiger partial charge in [0.1, 0.15) is 0 Å². The molecule has 0 aliphatic carbocycles. The molecule has 8 aromatic rings. The Hall–Kier alpha value is -7.33. The van der Waals surface area contributed by atoms with Crippen LogP contribution >= 0.6 is 0 Å². The number of imidazole rings is 2. The predicted octanol–water partition coefficient (Wildman–Crippen LogP) is 7.47. The van der Waals surface area contributed by atoms with Crippen LogP contribution in [-0.2, 0) is 17.8 Å². The molecule has 3 aromatic carbocycles. The molecule has 64 heavy (non-hydrogen) atoms. The number of amides is 2. The Balaban J connectivity index is 1.02. The first-order valence-corrected chi connectivity index (χ1v) is 21.0. The molecule has 0 saturated heterocycles. The Labute approximate surface area is 370 Å². The molecule has 1 unspecified atom stereocenters. The highest BCUT2D eigenvalue weighted by molar-refractivity contribution is 6.05. The van der Waals surface area contributed by atoms with E-state index in [4.69, 9.17) is 14.7 Å². The Morgan fingerprint density at radius 3 is 1.94 bits per heavy atom. The highest BCUT2D eigenvalue weighted by atomic mass is 16.5. The number of aliphatic hydroxyl groups is 2. The topological polar surface area (TPSA) is 185 Å². The molecule has 0 bridgehead atoms. The maximum atomic E-state index is 13.7. The van der Waals surface area contributed by atoms with Gasteiger partial charge in [0.25, 0.3) is 11.8 Å². The van der Waals surface area contributed by atoms with Gasteiger partial charge in [0, 0.05) is 72.9 Å². The summed E-state index contributed by atoms with van der Waals surface area (Å²) in [6.07, 6.45) is 6.89. The average molecular weight is 859 g/mol. The molecule has 0 spiro atoms. The van der Waals surface area contributed by atoms with Crippen LogP contribution in [0.4, 0.5) is 17.6 Å². The summed E-state index contributed by atoms with van der Waals surface area (Å²) in [5.41, 5.74) is 4.98. The van der Waals surface area contributed by atoms with Gasteiger partial charge in [-0.2, -0.15) is 0 Å². The second-order valence-corrected chi connectivity index (χ2v) is 16.6. The van der Waals surface area contributed by atoms with Gasteiger partial charge in [0.2, 0.25) is 11.9 Å². The summed E-state index contributed by atoms with van der Waals surface area (Å²) in [4.78, 5) is 52.2. The number of pyridine rings is 3. The summed E-state index contributed by atoms with van der Waals surface area (Å²) in [5.74, 6) is -0.140. The van der Waals surface area contributed by atoms with Crippen LogP contribution in [0.2, 0.25) is 0 Å². The van der Waals surface area contributed by atoms with Crippen molar-refractivity contribution in [3.63, 3.8) is 0 Å². The zero-order valence-corrected chi connectivity index (χ0v) is 36.1. The lowest BCUT2D eigenvalue weighted by atomic mass is 10.0. The molecule has 0 aliphatic heterocycles. The number of aromatic nitrogens is 7. The molecule has 8 rings (SSSR count). The molecule has 5 aromatic heterocycles. The van der Waals surface area contributed by atoms with Gasteiger partial charge >= 0.3 is 0 Å². The molecule has 5 heterocycles. The second-order valence-electron chi connectivity index (χ2n) is 16.6. The summed E-state index contributed by atoms with van der Waals surface area (Å²) in [5, 5.41) is 29.0. The standard InChI is InChI=1S/C49H50N10O5/c1-48(2,62)31-58-43-17-16-37(29-41(43)54-47(58)56-45(61)35-19-23-52-40(28-35)36-13-10-21-50-30-36)57(25-26-64-4)24-20-49(3,63)32-59-42-15-9-8-14-38(42)53-46(59)55-44(60)34-18-22-51-39(27-34)33-11-6-5-7-12-33/h5-19,21-23,27-30,62-63H,20,24-26,31-32H2,1-4H3,(H,53,55,60)(H,54,56,61). The van der Waals surface area contributed by atoms with Gasteiger partial charge in [0.05, 0.1) is 64.4 Å². The number of para-hydroxylation sites is 2. The van der Waals surface area contributed by atoms with Crippen molar-refractivity contribution in [3.05, 3.63) is 145 Å². The number of nitrogens with zero attached hydrogens (tertiary/aromatic N) is 8. The van der Waals surface area contributed by atoms with Gasteiger partial charge in [-0.1, -0.05) is 42.5 Å². The van der Waals surface area contributed by atoms with E-state index < -0.39 is 11.2 Å². The van der Waals surface area contributed by atoms with Crippen molar-refractivity contribution in [2.75, 3.05) is 42.3 Å². The number of nitrogens with one attached hydrogen (secondary N) is 2. The SMILES string of the molecule is COCCN(CCC(C)(O)Cn1c(NC(=O)c2ccnc(-c3ccccc3)c2)nc2ccccc21)c1ccc2c(c1)nc(NC(=O)c1ccnc(-c3cccnc3)c1)n2CC(C)(C)O. The van der Waals surface area contributed by atoms with E-state index in [-0.39, 0.29) is 30.9 Å². The summed E-state index contributed by atoms with van der Waals surface area (Å²) < 4.78 is 9.15. The Morgan fingerprint density at radius 2 is 1.28 bits per heavy atom. The van der Waals surface area contributed by atoms with Gasteiger partial charge in [-0.05, 0) is 93.9 Å². The minimum atomic E-state index is -1.26. The van der Waals surface area contributed by atoms with Crippen molar-refractivity contribution >= 4 is 51.5 Å². The molecule has 15 nitrogen and oxygen atoms in total. The first-order valence-electron chi connectivity index (χ1n) is 21.0. The van der Waals surface area contributed by atoms with Crippen LogP contribution in [0.15, 0.2) is 134 Å². The summed E-state index contributed by atoms with van der Waals surface area (Å²) in [7, 11) is 1.64. The molecular formula is C49H50N10O5. The first-order chi connectivity index (χ1) is 30.8. The zero-order chi connectivity index (χ0) is 44.8. The molecule has 0 radical (unpaired) electrons. The fraction of sp³-hybridized carbons (Fsp3) is 0.245. The molecule has 0 fully saturated rings. The first kappa shape index (κ1) is 43.3. The van der Waals surface area contributed by atoms with Gasteiger partial charge in [-0.15, -0.1) is 0 Å². The normalized spacial score (nSPS) is 12.6. The van der Waals surface area contributed by atoms with Crippen molar-refractivity contribution < 1.29 is 24.5 Å². The molecule has 1 atom stereocenters. The molecule has 2 amide bonds. The maximum Gasteiger partial charge on any atom is 0.258 e. The number of ether oxygens (including phenoxy) is 1. The Bertz CT molecular complexity index is 2910. The van der Waals surface area contributed by atoms with Gasteiger partial charge in [-0.3, -0.25) is 35.2 Å². The lowest BCUT2D eigenvalue weighted by Gasteiger charge is -2.30. The van der Waals surface area contributed by atoms with Crippen LogP contribution in [0.5, 0.6) is 0 Å². The highest BCUT2D eigenvalue weighted by Gasteiger charge is 2.27. The zero-order valence-electron chi connectivity index (χ0n) is 36.1. The van der Waals surface area contributed by atoms with E-state index in [1.54, 1.807) is 81.5 Å². The minimum absolute atomic E-state index is 0.136. The molecule has 4 N–H and O–H groups in total. The van der Waals surface area contributed by atoms with Crippen molar-refractivity contribution in [2.45, 2.75) is 51.5 Å². The van der Waals surface area contributed by atoms with Crippen molar-refractivity contribution in [1.82, 2.24) is 34.1 Å². The number of benzene rings is 3. The third-order valence-electron chi connectivity index (χ3n) is 10.8. The van der Waals surface area contributed by atoms with E-state index in [9.17, 15) is 19.8 Å². The smallest absolute Gasteiger partial charge is 0.258 e. The van der Waals surface area contributed by atoms with Gasteiger partial charge in [-0.25, -0.2) is 9.97 Å². The maximum absolute atomic E-state index is 13.7. The molecule has 15 heteroatoms. The number of rotatable bonds is 17. The lowest BCUT2D eigenvalue weighted by Crippen LogP contribution is -2.38. The Morgan fingerprint density at radius 1 is 0.672 bits per heavy atom. The number of methoxy groups -OCH3 is 1. The minimum Gasteiger partial charge on any atom is -0.389 e. The van der Waals surface area contributed by atoms with E-state index in [0.29, 0.717) is 65.6 Å². The van der Waals surface area contributed by atoms with Crippen LogP contribution < -0.4 is 15.5 Å². The third kappa shape index (κ3) is 10.1. The van der Waals surface area contributed by atoms with Crippen molar-refractivity contribution in [1.29, 1.82) is 0 Å². The van der Waals surface area contributed by atoms with E-state index in [1.807, 2.05) is 89.5 Å². The number of hydrogen-bond donors (Lipinski definition) is 4. The van der Waals surface area contributed by atoms with E-state index in [2.05, 4.69) is 30.5 Å². The van der Waals surface area contributed by atoms with E-state index in [1.165, 1.54) is 0 Å². The van der Waals surface area contributed by atoms with E-state index in [0.717, 1.165) is 27.8 Å². The lowest BCUT2D eigenvalue weighted by molar-refractivity contribution is 0.0362. The predicted molar refractivity (Wildman–Crippen MR) is 248 cm³/mol. The van der Waals surface area contributed by atoms with Crippen molar-refractivity contribution in [3.8, 4) is 22.5 Å². The fourth-order valence-electron chi connectivity index (χ4n) is 7.59. The monoisotopic (exact) mass is 858 g/mol. The highest BCUT2D eigenvalue weighted by Crippen LogP contribution is 2.30. The van der Waals surface area contributed by atoms with Crippen molar-refractivity contribution in [2.24, 2.45) is 0 Å². The largest absolute Gasteiger partial charge is 0.389 e. The summed E-state index contributed by atoms with van der Waals surface area (Å²) >= 11 is 0. The average Bonchev–Trinajstić information content (AvgIpc) is 3.81. The number of anilines is 3.